The summed E-state index contributed by atoms with van der Waals surface area (Å²) in [6.45, 7) is 0.339. The lowest BCUT2D eigenvalue weighted by Gasteiger charge is -2.14. The molecule has 1 heterocycles. The number of anilines is 1. The van der Waals surface area contributed by atoms with E-state index in [0.29, 0.717) is 13.0 Å². The maximum atomic E-state index is 11.6. The third kappa shape index (κ3) is 3.23. The molecule has 0 aromatic carbocycles. The summed E-state index contributed by atoms with van der Waals surface area (Å²) in [4.78, 5) is 26.9. The summed E-state index contributed by atoms with van der Waals surface area (Å²) < 4.78 is 0. The van der Waals surface area contributed by atoms with Gasteiger partial charge in [0, 0.05) is 20.0 Å². The van der Waals surface area contributed by atoms with E-state index in [1.54, 1.807) is 7.05 Å². The van der Waals surface area contributed by atoms with Gasteiger partial charge in [0.15, 0.2) is 0 Å². The quantitative estimate of drug-likeness (QED) is 0.612. The molecule has 8 heteroatoms. The van der Waals surface area contributed by atoms with Gasteiger partial charge in [-0.2, -0.15) is 4.98 Å². The molecule has 4 N–H and O–H groups in total. The molecule has 0 bridgehead atoms. The van der Waals surface area contributed by atoms with Gasteiger partial charge in [-0.1, -0.05) is 0 Å². The smallest absolute Gasteiger partial charge is 0.303 e. The zero-order chi connectivity index (χ0) is 12.1. The number of nitrogens with two attached hydrogens (primary N) is 1. The van der Waals surface area contributed by atoms with Crippen LogP contribution in [0, 0.1) is 0 Å². The van der Waals surface area contributed by atoms with Crippen molar-refractivity contribution in [2.45, 2.75) is 12.8 Å². The van der Waals surface area contributed by atoms with Crippen LogP contribution in [0.5, 0.6) is 0 Å². The van der Waals surface area contributed by atoms with E-state index in [9.17, 15) is 9.59 Å². The number of hydrogen-bond acceptors (Lipinski definition) is 5. The van der Waals surface area contributed by atoms with Crippen LogP contribution in [0.15, 0.2) is 0 Å². The minimum absolute atomic E-state index is 0.00212. The standard InChI is InChI=1S/C8H13N5O3/c1-13(4-2-3-5(14)15)7(16)6-10-8(9)12-11-6/h2-4H2,1H3,(H,14,15)(H3,9,10,11,12). The molecule has 1 aromatic rings. The van der Waals surface area contributed by atoms with Crippen molar-refractivity contribution in [3.05, 3.63) is 5.82 Å². The van der Waals surface area contributed by atoms with E-state index in [-0.39, 0.29) is 24.1 Å². The number of hydrogen-bond donors (Lipinski definition) is 3. The van der Waals surface area contributed by atoms with Crippen molar-refractivity contribution in [1.82, 2.24) is 20.1 Å². The summed E-state index contributed by atoms with van der Waals surface area (Å²) in [6, 6.07) is 0. The number of H-pyrrole nitrogens is 1. The SMILES string of the molecule is CN(CCCC(=O)O)C(=O)c1nc(N)n[nH]1. The Morgan fingerprint density at radius 3 is 2.75 bits per heavy atom. The largest absolute Gasteiger partial charge is 0.481 e. The first-order chi connectivity index (χ1) is 7.50. The van der Waals surface area contributed by atoms with Gasteiger partial charge in [0.2, 0.25) is 11.8 Å². The summed E-state index contributed by atoms with van der Waals surface area (Å²) in [5.74, 6) is -1.20. The summed E-state index contributed by atoms with van der Waals surface area (Å²) in [5.41, 5.74) is 5.25. The maximum absolute atomic E-state index is 11.6. The van der Waals surface area contributed by atoms with Crippen molar-refractivity contribution in [3.63, 3.8) is 0 Å². The fourth-order valence-corrected chi connectivity index (χ4v) is 1.12. The molecular formula is C8H13N5O3. The fourth-order valence-electron chi connectivity index (χ4n) is 1.12. The zero-order valence-corrected chi connectivity index (χ0v) is 8.80. The number of nitrogen functional groups attached to an aromatic ring is 1. The Morgan fingerprint density at radius 2 is 2.25 bits per heavy atom. The van der Waals surface area contributed by atoms with Gasteiger partial charge >= 0.3 is 5.97 Å². The van der Waals surface area contributed by atoms with Crippen LogP contribution in [0.25, 0.3) is 0 Å². The number of carbonyl (C=O) groups is 2. The maximum Gasteiger partial charge on any atom is 0.303 e. The average molecular weight is 227 g/mol. The van der Waals surface area contributed by atoms with Crippen molar-refractivity contribution >= 4 is 17.8 Å². The second kappa shape index (κ2) is 5.10. The first kappa shape index (κ1) is 12.0. The topological polar surface area (TPSA) is 125 Å². The van der Waals surface area contributed by atoms with Crippen LogP contribution >= 0.6 is 0 Å². The Morgan fingerprint density at radius 1 is 1.56 bits per heavy atom. The highest BCUT2D eigenvalue weighted by Crippen LogP contribution is 2.00. The molecule has 0 radical (unpaired) electrons. The number of nitrogens with one attached hydrogen (secondary N) is 1. The number of rotatable bonds is 5. The highest BCUT2D eigenvalue weighted by molar-refractivity contribution is 5.90. The second-order valence-corrected chi connectivity index (χ2v) is 3.27. The van der Waals surface area contributed by atoms with E-state index >= 15 is 0 Å². The number of aromatic nitrogens is 3. The third-order valence-corrected chi connectivity index (χ3v) is 1.94. The van der Waals surface area contributed by atoms with E-state index in [1.807, 2.05) is 0 Å². The van der Waals surface area contributed by atoms with Crippen molar-refractivity contribution in [2.75, 3.05) is 19.3 Å². The Balaban J connectivity index is 2.45. The summed E-state index contributed by atoms with van der Waals surface area (Å²) >= 11 is 0. The van der Waals surface area contributed by atoms with Crippen LogP contribution < -0.4 is 5.73 Å². The second-order valence-electron chi connectivity index (χ2n) is 3.27. The first-order valence-corrected chi connectivity index (χ1v) is 4.66. The molecule has 0 aliphatic heterocycles. The van der Waals surface area contributed by atoms with Gasteiger partial charge in [-0.05, 0) is 6.42 Å². The molecule has 0 saturated heterocycles. The molecule has 0 spiro atoms. The summed E-state index contributed by atoms with van der Waals surface area (Å²) in [6.07, 6.45) is 0.414. The number of carboxylic acid groups (broad SMARTS) is 1. The molecule has 88 valence electrons. The minimum Gasteiger partial charge on any atom is -0.481 e. The van der Waals surface area contributed by atoms with Crippen molar-refractivity contribution in [2.24, 2.45) is 0 Å². The van der Waals surface area contributed by atoms with E-state index in [1.165, 1.54) is 4.90 Å². The number of aliphatic carboxylic acids is 1. The molecular weight excluding hydrogens is 214 g/mol. The van der Waals surface area contributed by atoms with Gasteiger partial charge in [-0.25, -0.2) is 0 Å². The molecule has 0 aliphatic carbocycles. The minimum atomic E-state index is -0.884. The lowest BCUT2D eigenvalue weighted by molar-refractivity contribution is -0.137. The van der Waals surface area contributed by atoms with Gasteiger partial charge in [0.1, 0.15) is 0 Å². The number of carboxylic acids is 1. The van der Waals surface area contributed by atoms with Crippen LogP contribution in [0.2, 0.25) is 0 Å². The highest BCUT2D eigenvalue weighted by atomic mass is 16.4. The lowest BCUT2D eigenvalue weighted by Crippen LogP contribution is -2.29. The van der Waals surface area contributed by atoms with Crippen molar-refractivity contribution < 1.29 is 14.7 Å². The van der Waals surface area contributed by atoms with E-state index < -0.39 is 5.97 Å². The molecule has 1 amide bonds. The normalized spacial score (nSPS) is 10.1. The molecule has 0 unspecified atom stereocenters. The highest BCUT2D eigenvalue weighted by Gasteiger charge is 2.15. The molecule has 0 atom stereocenters. The van der Waals surface area contributed by atoms with Crippen LogP contribution in [0.1, 0.15) is 23.5 Å². The lowest BCUT2D eigenvalue weighted by atomic mass is 10.3. The number of carbonyl (C=O) groups excluding carboxylic acids is 1. The third-order valence-electron chi connectivity index (χ3n) is 1.94. The number of nitrogens with zero attached hydrogens (tertiary/aromatic N) is 3. The average Bonchev–Trinajstić information content (AvgIpc) is 2.63. The van der Waals surface area contributed by atoms with Gasteiger partial charge < -0.3 is 15.7 Å². The molecule has 0 fully saturated rings. The molecule has 0 saturated carbocycles. The summed E-state index contributed by atoms with van der Waals surface area (Å²) in [7, 11) is 1.56. The Hall–Kier alpha value is -2.12. The van der Waals surface area contributed by atoms with Gasteiger partial charge in [-0.15, -0.1) is 5.10 Å². The molecule has 8 nitrogen and oxygen atoms in total. The van der Waals surface area contributed by atoms with Crippen molar-refractivity contribution in [1.29, 1.82) is 0 Å². The Bertz CT molecular complexity index is 389. The van der Waals surface area contributed by atoms with Crippen LogP contribution in [0.3, 0.4) is 0 Å². The van der Waals surface area contributed by atoms with Gasteiger partial charge in [-0.3, -0.25) is 14.7 Å². The molecule has 0 aliphatic rings. The Labute approximate surface area is 91.5 Å². The van der Waals surface area contributed by atoms with Gasteiger partial charge in [0.05, 0.1) is 0 Å². The molecule has 1 rings (SSSR count). The first-order valence-electron chi connectivity index (χ1n) is 4.66. The van der Waals surface area contributed by atoms with Crippen LogP contribution in [-0.4, -0.2) is 50.7 Å². The summed E-state index contributed by atoms with van der Waals surface area (Å²) in [5, 5.41) is 14.4. The van der Waals surface area contributed by atoms with E-state index in [0.717, 1.165) is 0 Å². The number of aromatic amines is 1. The van der Waals surface area contributed by atoms with E-state index in [4.69, 9.17) is 10.8 Å². The predicted octanol–water partition coefficient (Wildman–Crippen LogP) is -0.676. The van der Waals surface area contributed by atoms with E-state index in [2.05, 4.69) is 15.2 Å². The Kier molecular flexibility index (Phi) is 3.81. The molecule has 16 heavy (non-hydrogen) atoms. The fraction of sp³-hybridized carbons (Fsp3) is 0.500. The van der Waals surface area contributed by atoms with Gasteiger partial charge in [0.25, 0.3) is 5.91 Å². The predicted molar refractivity (Wildman–Crippen MR) is 54.6 cm³/mol. The number of amides is 1. The van der Waals surface area contributed by atoms with Crippen LogP contribution in [-0.2, 0) is 4.79 Å². The zero-order valence-electron chi connectivity index (χ0n) is 8.80. The van der Waals surface area contributed by atoms with Crippen LogP contribution in [0.4, 0.5) is 5.95 Å². The monoisotopic (exact) mass is 227 g/mol. The molecule has 1 aromatic heterocycles. The van der Waals surface area contributed by atoms with Crippen molar-refractivity contribution in [3.8, 4) is 0 Å².